The van der Waals surface area contributed by atoms with Crippen molar-refractivity contribution >= 4 is 16.7 Å². The second-order valence-electron chi connectivity index (χ2n) is 5.61. The lowest BCUT2D eigenvalue weighted by atomic mass is 10.0. The molecule has 0 aliphatic heterocycles. The minimum atomic E-state index is -0.475. The van der Waals surface area contributed by atoms with Crippen LogP contribution in [0.15, 0.2) is 67.3 Å². The second-order valence-corrected chi connectivity index (χ2v) is 5.61. The highest BCUT2D eigenvalue weighted by molar-refractivity contribution is 5.97. The van der Waals surface area contributed by atoms with Crippen molar-refractivity contribution < 1.29 is 14.3 Å². The first-order chi connectivity index (χ1) is 11.6. The molecule has 0 unspecified atom stereocenters. The number of carbonyl (C=O) groups is 1. The monoisotopic (exact) mass is 318 g/mol. The summed E-state index contributed by atoms with van der Waals surface area (Å²) in [5, 5.41) is 1.73. The van der Waals surface area contributed by atoms with Crippen molar-refractivity contribution in [3.05, 3.63) is 78.4 Å². The van der Waals surface area contributed by atoms with Crippen molar-refractivity contribution in [1.82, 2.24) is 0 Å². The Morgan fingerprint density at radius 2 is 1.75 bits per heavy atom. The highest BCUT2D eigenvalue weighted by Gasteiger charge is 2.14. The van der Waals surface area contributed by atoms with Crippen molar-refractivity contribution in [3.63, 3.8) is 0 Å². The number of fused-ring (bicyclic) bond motifs is 1. The van der Waals surface area contributed by atoms with Gasteiger partial charge in [-0.15, -0.1) is 0 Å². The fraction of sp³-hybridized carbons (Fsp3) is 0.0952. The molecule has 3 rings (SSSR count). The van der Waals surface area contributed by atoms with E-state index < -0.39 is 5.97 Å². The standard InChI is InChI=1S/C21H18O3/c1-4-20(22)24-21-15(3)13-19(23-16-8-6-5-7-9-16)18-12-14(2)10-11-17(18)21/h4-13H,1H2,2-3H3. The van der Waals surface area contributed by atoms with Crippen molar-refractivity contribution in [2.45, 2.75) is 13.8 Å². The summed E-state index contributed by atoms with van der Waals surface area (Å²) in [5.74, 6) is 1.55. The Morgan fingerprint density at radius 3 is 2.46 bits per heavy atom. The number of ether oxygens (including phenoxy) is 2. The lowest BCUT2D eigenvalue weighted by molar-refractivity contribution is -0.128. The van der Waals surface area contributed by atoms with Crippen LogP contribution in [0, 0.1) is 13.8 Å². The molecule has 0 atom stereocenters. The molecule has 0 radical (unpaired) electrons. The van der Waals surface area contributed by atoms with E-state index in [0.29, 0.717) is 5.75 Å². The molecule has 0 saturated heterocycles. The largest absolute Gasteiger partial charge is 0.457 e. The van der Waals surface area contributed by atoms with E-state index in [2.05, 4.69) is 6.58 Å². The van der Waals surface area contributed by atoms with Crippen LogP contribution in [-0.2, 0) is 4.79 Å². The van der Waals surface area contributed by atoms with Crippen LogP contribution in [0.4, 0.5) is 0 Å². The third kappa shape index (κ3) is 3.15. The second kappa shape index (κ2) is 6.59. The number of hydrogen-bond acceptors (Lipinski definition) is 3. The molecule has 0 N–H and O–H groups in total. The van der Waals surface area contributed by atoms with Gasteiger partial charge in [0, 0.05) is 16.8 Å². The van der Waals surface area contributed by atoms with Gasteiger partial charge in [0.15, 0.2) is 0 Å². The van der Waals surface area contributed by atoms with Gasteiger partial charge in [-0.05, 0) is 43.7 Å². The number of aryl methyl sites for hydroxylation is 2. The summed E-state index contributed by atoms with van der Waals surface area (Å²) in [6.07, 6.45) is 1.16. The van der Waals surface area contributed by atoms with Crippen LogP contribution in [-0.4, -0.2) is 5.97 Å². The molecule has 3 nitrogen and oxygen atoms in total. The third-order valence-corrected chi connectivity index (χ3v) is 3.73. The Bertz CT molecular complexity index is 911. The van der Waals surface area contributed by atoms with Crippen LogP contribution in [0.5, 0.6) is 17.2 Å². The summed E-state index contributed by atoms with van der Waals surface area (Å²) in [6, 6.07) is 17.5. The number of rotatable bonds is 4. The molecule has 3 aromatic rings. The molecule has 120 valence electrons. The molecule has 0 bridgehead atoms. The summed E-state index contributed by atoms with van der Waals surface area (Å²) >= 11 is 0. The molecule has 0 heterocycles. The van der Waals surface area contributed by atoms with Gasteiger partial charge in [-0.25, -0.2) is 4.79 Å². The van der Waals surface area contributed by atoms with Crippen molar-refractivity contribution in [3.8, 4) is 17.2 Å². The molecule has 0 spiro atoms. The lowest BCUT2D eigenvalue weighted by Gasteiger charge is -2.15. The van der Waals surface area contributed by atoms with Gasteiger partial charge in [0.1, 0.15) is 17.2 Å². The van der Waals surface area contributed by atoms with Gasteiger partial charge in [0.2, 0.25) is 0 Å². The molecule has 0 saturated carbocycles. The summed E-state index contributed by atoms with van der Waals surface area (Å²) in [7, 11) is 0. The van der Waals surface area contributed by atoms with E-state index in [9.17, 15) is 4.79 Å². The van der Waals surface area contributed by atoms with Crippen LogP contribution >= 0.6 is 0 Å². The van der Waals surface area contributed by atoms with Crippen LogP contribution in [0.2, 0.25) is 0 Å². The van der Waals surface area contributed by atoms with Crippen LogP contribution in [0.25, 0.3) is 10.8 Å². The van der Waals surface area contributed by atoms with Gasteiger partial charge in [0.05, 0.1) is 0 Å². The normalized spacial score (nSPS) is 10.4. The zero-order valence-corrected chi connectivity index (χ0v) is 13.7. The molecule has 3 aromatic carbocycles. The topological polar surface area (TPSA) is 35.5 Å². The van der Waals surface area contributed by atoms with Crippen molar-refractivity contribution in [2.75, 3.05) is 0 Å². The first-order valence-corrected chi connectivity index (χ1v) is 7.69. The van der Waals surface area contributed by atoms with Crippen LogP contribution in [0.3, 0.4) is 0 Å². The first-order valence-electron chi connectivity index (χ1n) is 7.69. The Balaban J connectivity index is 2.16. The maximum Gasteiger partial charge on any atom is 0.335 e. The summed E-state index contributed by atoms with van der Waals surface area (Å²) in [4.78, 5) is 11.6. The van der Waals surface area contributed by atoms with E-state index in [1.807, 2.05) is 68.4 Å². The fourth-order valence-corrected chi connectivity index (χ4v) is 2.59. The van der Waals surface area contributed by atoms with E-state index in [-0.39, 0.29) is 0 Å². The number of benzene rings is 3. The van der Waals surface area contributed by atoms with E-state index in [1.54, 1.807) is 0 Å². The average molecular weight is 318 g/mol. The highest BCUT2D eigenvalue weighted by Crippen LogP contribution is 2.39. The number of hydrogen-bond donors (Lipinski definition) is 0. The highest BCUT2D eigenvalue weighted by atomic mass is 16.5. The number of carbonyl (C=O) groups excluding carboxylic acids is 1. The molecule has 24 heavy (non-hydrogen) atoms. The minimum absolute atomic E-state index is 0.475. The third-order valence-electron chi connectivity index (χ3n) is 3.73. The van der Waals surface area contributed by atoms with E-state index in [0.717, 1.165) is 39.5 Å². The Hall–Kier alpha value is -3.07. The minimum Gasteiger partial charge on any atom is -0.457 e. The number of para-hydroxylation sites is 1. The SMILES string of the molecule is C=CC(=O)Oc1c(C)cc(Oc2ccccc2)c2cc(C)ccc12. The van der Waals surface area contributed by atoms with E-state index in [1.165, 1.54) is 0 Å². The van der Waals surface area contributed by atoms with Gasteiger partial charge in [0.25, 0.3) is 0 Å². The maximum absolute atomic E-state index is 11.6. The number of esters is 1. The predicted molar refractivity (Wildman–Crippen MR) is 95.8 cm³/mol. The van der Waals surface area contributed by atoms with Crippen LogP contribution < -0.4 is 9.47 Å². The zero-order chi connectivity index (χ0) is 17.1. The van der Waals surface area contributed by atoms with Gasteiger partial charge < -0.3 is 9.47 Å². The zero-order valence-electron chi connectivity index (χ0n) is 13.7. The fourth-order valence-electron chi connectivity index (χ4n) is 2.59. The Morgan fingerprint density at radius 1 is 1.00 bits per heavy atom. The smallest absolute Gasteiger partial charge is 0.335 e. The molecule has 0 aliphatic rings. The summed E-state index contributed by atoms with van der Waals surface area (Å²) in [5.41, 5.74) is 1.93. The van der Waals surface area contributed by atoms with Crippen LogP contribution in [0.1, 0.15) is 11.1 Å². The van der Waals surface area contributed by atoms with E-state index in [4.69, 9.17) is 9.47 Å². The predicted octanol–water partition coefficient (Wildman–Crippen LogP) is 5.34. The first kappa shape index (κ1) is 15.8. The lowest BCUT2D eigenvalue weighted by Crippen LogP contribution is -2.05. The molecule has 0 aromatic heterocycles. The van der Waals surface area contributed by atoms with Gasteiger partial charge in [-0.3, -0.25) is 0 Å². The van der Waals surface area contributed by atoms with E-state index >= 15 is 0 Å². The summed E-state index contributed by atoms with van der Waals surface area (Å²) < 4.78 is 11.5. The molecule has 3 heteroatoms. The Labute approximate surface area is 141 Å². The molecule has 0 aliphatic carbocycles. The van der Waals surface area contributed by atoms with Gasteiger partial charge >= 0.3 is 5.97 Å². The average Bonchev–Trinajstić information content (AvgIpc) is 2.59. The van der Waals surface area contributed by atoms with Gasteiger partial charge in [-0.2, -0.15) is 0 Å². The Kier molecular flexibility index (Phi) is 4.34. The molecule has 0 fully saturated rings. The maximum atomic E-state index is 11.6. The van der Waals surface area contributed by atoms with Gasteiger partial charge in [-0.1, -0.05) is 42.5 Å². The van der Waals surface area contributed by atoms with Crippen molar-refractivity contribution in [1.29, 1.82) is 0 Å². The molecular weight excluding hydrogens is 300 g/mol. The van der Waals surface area contributed by atoms with Crippen molar-refractivity contribution in [2.24, 2.45) is 0 Å². The quantitative estimate of drug-likeness (QED) is 0.370. The molecule has 0 amide bonds. The summed E-state index contributed by atoms with van der Waals surface area (Å²) in [6.45, 7) is 7.36. The molecular formula is C21H18O3.